The van der Waals surface area contributed by atoms with E-state index >= 15 is 0 Å². The summed E-state index contributed by atoms with van der Waals surface area (Å²) in [4.78, 5) is 131. The number of rotatable bonds is 25. The van der Waals surface area contributed by atoms with Crippen LogP contribution < -0.4 is 16.0 Å². The van der Waals surface area contributed by atoms with Gasteiger partial charge in [0.1, 0.15) is 36.3 Å². The number of carboxylic acids is 1. The van der Waals surface area contributed by atoms with E-state index in [2.05, 4.69) is 16.0 Å². The van der Waals surface area contributed by atoms with Crippen molar-refractivity contribution < 1.29 is 48.3 Å². The molecule has 1 aliphatic carbocycles. The number of carbonyl (C=O) groups is 9. The predicted molar refractivity (Wildman–Crippen MR) is 257 cm³/mol. The minimum atomic E-state index is -1.29. The average Bonchev–Trinajstić information content (AvgIpc) is 3.83. The Morgan fingerprint density at radius 1 is 0.662 bits per heavy atom. The molecule has 3 aliphatic rings. The molecule has 0 spiro atoms. The Bertz CT molecular complexity index is 1770. The second-order valence-corrected chi connectivity index (χ2v) is 20.5. The van der Waals surface area contributed by atoms with Crippen LogP contribution in [-0.2, 0) is 43.2 Å². The van der Waals surface area contributed by atoms with Gasteiger partial charge < -0.3 is 50.5 Å². The van der Waals surface area contributed by atoms with E-state index in [9.17, 15) is 48.3 Å². The Labute approximate surface area is 405 Å². The lowest BCUT2D eigenvalue weighted by Crippen LogP contribution is -2.65. The number of hydrogen-bond donors (Lipinski definition) is 4. The highest BCUT2D eigenvalue weighted by atomic mass is 16.4. The molecule has 2 aliphatic heterocycles. The first-order valence-electron chi connectivity index (χ1n) is 25.1. The molecule has 0 aromatic carbocycles. The zero-order chi connectivity index (χ0) is 51.2. The first-order chi connectivity index (χ1) is 31.9. The van der Waals surface area contributed by atoms with Crippen LogP contribution in [0.5, 0.6) is 0 Å². The van der Waals surface area contributed by atoms with Crippen LogP contribution in [0.1, 0.15) is 132 Å². The molecule has 386 valence electrons. The molecule has 1 saturated carbocycles. The molecule has 3 fully saturated rings. The minimum Gasteiger partial charge on any atom is -0.481 e. The second kappa shape index (κ2) is 26.8. The Hall–Kier alpha value is -4.81. The van der Waals surface area contributed by atoms with E-state index in [4.69, 9.17) is 0 Å². The molecule has 2 saturated heterocycles. The van der Waals surface area contributed by atoms with Crippen molar-refractivity contribution in [3.8, 4) is 0 Å². The van der Waals surface area contributed by atoms with Crippen molar-refractivity contribution in [1.29, 1.82) is 0 Å². The van der Waals surface area contributed by atoms with Crippen molar-refractivity contribution in [1.82, 2.24) is 45.3 Å². The van der Waals surface area contributed by atoms with Gasteiger partial charge in [0, 0.05) is 47.8 Å². The Balaban J connectivity index is 1.78. The molecule has 19 nitrogen and oxygen atoms in total. The number of amides is 8. The fourth-order valence-corrected chi connectivity index (χ4v) is 9.63. The Morgan fingerprint density at radius 2 is 1.26 bits per heavy atom. The molecular weight excluding hydrogens is 875 g/mol. The van der Waals surface area contributed by atoms with Crippen LogP contribution >= 0.6 is 0 Å². The molecule has 4 N–H and O–H groups in total. The van der Waals surface area contributed by atoms with Crippen molar-refractivity contribution in [3.05, 3.63) is 0 Å². The summed E-state index contributed by atoms with van der Waals surface area (Å²) in [5.41, 5.74) is 0. The molecular formula is C49H85N9O10. The minimum absolute atomic E-state index is 0.0545. The normalized spacial score (nSPS) is 19.4. The first kappa shape index (κ1) is 57.5. The molecule has 19 heteroatoms. The van der Waals surface area contributed by atoms with E-state index < -0.39 is 103 Å². The molecule has 68 heavy (non-hydrogen) atoms. The molecule has 0 aromatic rings. The summed E-state index contributed by atoms with van der Waals surface area (Å²) in [5.74, 6) is -4.93. The van der Waals surface area contributed by atoms with Gasteiger partial charge in [0.25, 0.3) is 0 Å². The molecule has 8 amide bonds. The lowest BCUT2D eigenvalue weighted by atomic mass is 9.84. The van der Waals surface area contributed by atoms with Gasteiger partial charge in [-0.2, -0.15) is 0 Å². The summed E-state index contributed by atoms with van der Waals surface area (Å²) in [6.45, 7) is 14.0. The molecule has 2 heterocycles. The largest absolute Gasteiger partial charge is 0.481 e. The summed E-state index contributed by atoms with van der Waals surface area (Å²) >= 11 is 0. The Kier molecular flexibility index (Phi) is 22.7. The smallest absolute Gasteiger partial charge is 0.305 e. The van der Waals surface area contributed by atoms with Crippen LogP contribution in [-0.4, -0.2) is 191 Å². The SMILES string of the molecule is CC[C@H](C)[C@H](NC(=O)[C@H](CC(C)C)N(C)C(=O)[C@H](CC(C)C)NC)C(=O)N(C)[C@@H](C)C(=O)N1CC[C@H]1C(=O)N(C)[C@@H](CC1CCCCC1)C(=O)N(C)CC(=O)N[C@@H](CC(=O)O)C(=O)N1CCCC1. The maximum Gasteiger partial charge on any atom is 0.305 e. The number of carboxylic acid groups (broad SMARTS) is 1. The molecule has 0 bridgehead atoms. The third-order valence-corrected chi connectivity index (χ3v) is 14.4. The van der Waals surface area contributed by atoms with Crippen LogP contribution in [0.2, 0.25) is 0 Å². The maximum absolute atomic E-state index is 14.4. The topological polar surface area (TPSA) is 229 Å². The van der Waals surface area contributed by atoms with Crippen LogP contribution in [0.4, 0.5) is 0 Å². The number of likely N-dealkylation sites (N-methyl/N-ethyl adjacent to an activating group) is 5. The van der Waals surface area contributed by atoms with Crippen molar-refractivity contribution in [2.45, 2.75) is 174 Å². The van der Waals surface area contributed by atoms with Gasteiger partial charge in [-0.25, -0.2) is 0 Å². The molecule has 0 radical (unpaired) electrons. The molecule has 0 aromatic heterocycles. The number of nitrogens with zero attached hydrogens (tertiary/aromatic N) is 6. The van der Waals surface area contributed by atoms with Gasteiger partial charge in [-0.1, -0.05) is 80.1 Å². The highest BCUT2D eigenvalue weighted by Crippen LogP contribution is 2.31. The zero-order valence-electron chi connectivity index (χ0n) is 43.2. The standard InChI is InChI=1S/C49H85N9O10/c1-13-32(6)42(52-43(62)38(26-31(4)5)55(11)45(64)35(50-8)25-30(2)3)49(68)54(10)33(7)44(63)58-24-21-37(58)48(67)56(12)39(27-34-19-15-14-16-20-34)47(66)53(9)29-40(59)51-36(28-41(60)61)46(65)57-22-17-18-23-57/h30-39,42,50H,13-29H2,1-12H3,(H,51,59)(H,52,62)(H,60,61)/t32-,33-,35-,36-,37-,38-,39-,42-/m0/s1. The summed E-state index contributed by atoms with van der Waals surface area (Å²) in [6, 6.07) is -6.55. The Morgan fingerprint density at radius 3 is 1.78 bits per heavy atom. The molecule has 0 unspecified atom stereocenters. The second-order valence-electron chi connectivity index (χ2n) is 20.5. The van der Waals surface area contributed by atoms with Crippen LogP contribution in [0, 0.1) is 23.7 Å². The summed E-state index contributed by atoms with van der Waals surface area (Å²) < 4.78 is 0. The van der Waals surface area contributed by atoms with Gasteiger partial charge in [0.05, 0.1) is 19.0 Å². The van der Waals surface area contributed by atoms with E-state index in [1.54, 1.807) is 21.0 Å². The predicted octanol–water partition coefficient (Wildman–Crippen LogP) is 2.31. The van der Waals surface area contributed by atoms with Gasteiger partial charge in [-0.3, -0.25) is 43.2 Å². The van der Waals surface area contributed by atoms with Crippen molar-refractivity contribution >= 4 is 53.2 Å². The summed E-state index contributed by atoms with van der Waals surface area (Å²) in [5, 5.41) is 18.1. The first-order valence-corrected chi connectivity index (χ1v) is 25.1. The lowest BCUT2D eigenvalue weighted by molar-refractivity contribution is -0.160. The van der Waals surface area contributed by atoms with E-state index in [-0.39, 0.29) is 36.1 Å². The highest BCUT2D eigenvalue weighted by molar-refractivity contribution is 5.98. The maximum atomic E-state index is 14.4. The van der Waals surface area contributed by atoms with Gasteiger partial charge in [0.2, 0.25) is 47.3 Å². The average molecular weight is 960 g/mol. The summed E-state index contributed by atoms with van der Waals surface area (Å²) in [7, 11) is 7.79. The number of hydrogen-bond acceptors (Lipinski definition) is 10. The molecule has 3 rings (SSSR count). The lowest BCUT2D eigenvalue weighted by Gasteiger charge is -2.45. The van der Waals surface area contributed by atoms with Gasteiger partial charge >= 0.3 is 5.97 Å². The highest BCUT2D eigenvalue weighted by Gasteiger charge is 2.46. The third-order valence-electron chi connectivity index (χ3n) is 14.4. The third kappa shape index (κ3) is 15.6. The number of likely N-dealkylation sites (tertiary alicyclic amines) is 2. The zero-order valence-corrected chi connectivity index (χ0v) is 43.2. The van der Waals surface area contributed by atoms with E-state index in [0.717, 1.165) is 44.9 Å². The number of aliphatic carboxylic acids is 1. The van der Waals surface area contributed by atoms with Gasteiger partial charge in [-0.05, 0) is 76.2 Å². The number of carbonyl (C=O) groups excluding carboxylic acids is 8. The summed E-state index contributed by atoms with van der Waals surface area (Å²) in [6.07, 6.45) is 7.91. The van der Waals surface area contributed by atoms with E-state index in [1.807, 2.05) is 41.5 Å². The van der Waals surface area contributed by atoms with Crippen LogP contribution in [0.25, 0.3) is 0 Å². The number of nitrogens with one attached hydrogen (secondary N) is 3. The fraction of sp³-hybridized carbons (Fsp3) is 0.816. The van der Waals surface area contributed by atoms with Gasteiger partial charge in [0.15, 0.2) is 0 Å². The quantitative estimate of drug-likeness (QED) is 0.104. The van der Waals surface area contributed by atoms with Gasteiger partial charge in [-0.15, -0.1) is 0 Å². The molecule has 8 atom stereocenters. The monoisotopic (exact) mass is 960 g/mol. The van der Waals surface area contributed by atoms with E-state index in [0.29, 0.717) is 45.2 Å². The van der Waals surface area contributed by atoms with Crippen molar-refractivity contribution in [2.75, 3.05) is 61.4 Å². The van der Waals surface area contributed by atoms with Crippen LogP contribution in [0.3, 0.4) is 0 Å². The van der Waals surface area contributed by atoms with Crippen molar-refractivity contribution in [2.24, 2.45) is 23.7 Å². The van der Waals surface area contributed by atoms with Crippen molar-refractivity contribution in [3.63, 3.8) is 0 Å². The van der Waals surface area contributed by atoms with E-state index in [1.165, 1.54) is 50.5 Å². The fourth-order valence-electron chi connectivity index (χ4n) is 9.63. The van der Waals surface area contributed by atoms with Crippen LogP contribution in [0.15, 0.2) is 0 Å².